The van der Waals surface area contributed by atoms with Crippen LogP contribution in [0.1, 0.15) is 42.7 Å². The first-order valence-corrected chi connectivity index (χ1v) is 5.32. The van der Waals surface area contributed by atoms with Crippen LogP contribution < -0.4 is 0 Å². The van der Waals surface area contributed by atoms with Crippen LogP contribution >= 0.6 is 0 Å². The zero-order chi connectivity index (χ0) is 9.76. The fourth-order valence-electron chi connectivity index (χ4n) is 2.74. The minimum absolute atomic E-state index is 0.0906. The van der Waals surface area contributed by atoms with Gasteiger partial charge in [-0.05, 0) is 44.2 Å². The molecule has 1 aromatic rings. The number of hydrogen-bond acceptors (Lipinski definition) is 2. The fraction of sp³-hybridized carbons (Fsp3) is 0.583. The molecular weight excluding hydrogens is 174 g/mol. The SMILES string of the molecule is CC1(C)OCc2cnc3c(c21)CCC3. The van der Waals surface area contributed by atoms with Gasteiger partial charge in [-0.2, -0.15) is 0 Å². The number of pyridine rings is 1. The predicted octanol–water partition coefficient (Wildman–Crippen LogP) is 2.34. The van der Waals surface area contributed by atoms with Crippen LogP contribution in [0.15, 0.2) is 6.20 Å². The zero-order valence-corrected chi connectivity index (χ0v) is 8.76. The summed E-state index contributed by atoms with van der Waals surface area (Å²) in [5.41, 5.74) is 5.43. The Morgan fingerprint density at radius 1 is 1.36 bits per heavy atom. The molecule has 1 aromatic heterocycles. The van der Waals surface area contributed by atoms with Crippen LogP contribution in [0.25, 0.3) is 0 Å². The minimum atomic E-state index is -0.0906. The van der Waals surface area contributed by atoms with E-state index in [2.05, 4.69) is 18.8 Å². The first kappa shape index (κ1) is 8.42. The van der Waals surface area contributed by atoms with E-state index < -0.39 is 0 Å². The van der Waals surface area contributed by atoms with E-state index in [0.717, 1.165) is 13.0 Å². The second-order valence-electron chi connectivity index (χ2n) is 4.74. The zero-order valence-electron chi connectivity index (χ0n) is 8.76. The Morgan fingerprint density at radius 2 is 2.21 bits per heavy atom. The molecule has 0 saturated carbocycles. The molecule has 0 unspecified atom stereocenters. The van der Waals surface area contributed by atoms with E-state index in [-0.39, 0.29) is 5.60 Å². The van der Waals surface area contributed by atoms with Crippen molar-refractivity contribution >= 4 is 0 Å². The van der Waals surface area contributed by atoms with Gasteiger partial charge in [-0.25, -0.2) is 0 Å². The summed E-state index contributed by atoms with van der Waals surface area (Å²) in [5, 5.41) is 0. The number of nitrogens with zero attached hydrogens (tertiary/aromatic N) is 1. The van der Waals surface area contributed by atoms with Gasteiger partial charge >= 0.3 is 0 Å². The molecule has 0 aromatic carbocycles. The third-order valence-corrected chi connectivity index (χ3v) is 3.38. The summed E-state index contributed by atoms with van der Waals surface area (Å²) in [4.78, 5) is 4.52. The molecular formula is C12H15NO. The van der Waals surface area contributed by atoms with Crippen LogP contribution in [-0.4, -0.2) is 4.98 Å². The van der Waals surface area contributed by atoms with E-state index in [4.69, 9.17) is 4.74 Å². The lowest BCUT2D eigenvalue weighted by atomic mass is 9.92. The number of aromatic nitrogens is 1. The molecule has 0 N–H and O–H groups in total. The Morgan fingerprint density at radius 3 is 3.07 bits per heavy atom. The van der Waals surface area contributed by atoms with Crippen LogP contribution in [0.3, 0.4) is 0 Å². The van der Waals surface area contributed by atoms with Gasteiger partial charge in [0, 0.05) is 17.5 Å². The number of hydrogen-bond donors (Lipinski definition) is 0. The van der Waals surface area contributed by atoms with Crippen molar-refractivity contribution in [1.29, 1.82) is 0 Å². The van der Waals surface area contributed by atoms with Crippen LogP contribution in [0, 0.1) is 0 Å². The molecule has 1 aliphatic carbocycles. The number of rotatable bonds is 0. The maximum atomic E-state index is 5.80. The number of aryl methyl sites for hydroxylation is 1. The van der Waals surface area contributed by atoms with Gasteiger partial charge in [0.2, 0.25) is 0 Å². The molecule has 0 amide bonds. The average Bonchev–Trinajstić information content (AvgIpc) is 2.69. The molecule has 2 nitrogen and oxygen atoms in total. The summed E-state index contributed by atoms with van der Waals surface area (Å²) in [6, 6.07) is 0. The minimum Gasteiger partial charge on any atom is -0.366 e. The Balaban J connectivity index is 2.26. The van der Waals surface area contributed by atoms with Gasteiger partial charge in [-0.1, -0.05) is 0 Å². The molecule has 0 atom stereocenters. The first-order chi connectivity index (χ1) is 6.68. The smallest absolute Gasteiger partial charge is 0.0887 e. The van der Waals surface area contributed by atoms with E-state index in [0.29, 0.717) is 0 Å². The molecule has 1 aliphatic heterocycles. The first-order valence-electron chi connectivity index (χ1n) is 5.32. The maximum absolute atomic E-state index is 5.80. The topological polar surface area (TPSA) is 22.1 Å². The molecule has 0 saturated heterocycles. The van der Waals surface area contributed by atoms with Crippen molar-refractivity contribution in [2.24, 2.45) is 0 Å². The lowest BCUT2D eigenvalue weighted by Crippen LogP contribution is -2.17. The molecule has 0 fully saturated rings. The van der Waals surface area contributed by atoms with Crippen molar-refractivity contribution in [3.8, 4) is 0 Å². The van der Waals surface area contributed by atoms with Crippen molar-refractivity contribution in [3.63, 3.8) is 0 Å². The van der Waals surface area contributed by atoms with Crippen molar-refractivity contribution in [2.75, 3.05) is 0 Å². The lowest BCUT2D eigenvalue weighted by Gasteiger charge is -2.20. The normalized spacial score (nSPS) is 22.1. The van der Waals surface area contributed by atoms with Gasteiger partial charge in [0.25, 0.3) is 0 Å². The third kappa shape index (κ3) is 0.976. The van der Waals surface area contributed by atoms with Crippen LogP contribution in [-0.2, 0) is 29.8 Å². The van der Waals surface area contributed by atoms with E-state index >= 15 is 0 Å². The van der Waals surface area contributed by atoms with Crippen LogP contribution in [0.2, 0.25) is 0 Å². The molecule has 2 heterocycles. The van der Waals surface area contributed by atoms with Crippen molar-refractivity contribution in [2.45, 2.75) is 45.3 Å². The van der Waals surface area contributed by atoms with Gasteiger partial charge in [0.05, 0.1) is 12.2 Å². The predicted molar refractivity (Wildman–Crippen MR) is 54.1 cm³/mol. The summed E-state index contributed by atoms with van der Waals surface area (Å²) in [5.74, 6) is 0. The van der Waals surface area contributed by atoms with Gasteiger partial charge < -0.3 is 4.74 Å². The quantitative estimate of drug-likeness (QED) is 0.625. The summed E-state index contributed by atoms with van der Waals surface area (Å²) in [7, 11) is 0. The number of ether oxygens (including phenoxy) is 1. The summed E-state index contributed by atoms with van der Waals surface area (Å²) < 4.78 is 5.80. The van der Waals surface area contributed by atoms with E-state index in [1.807, 2.05) is 6.20 Å². The molecule has 74 valence electrons. The number of fused-ring (bicyclic) bond motifs is 3. The molecule has 3 rings (SSSR count). The second-order valence-corrected chi connectivity index (χ2v) is 4.74. The molecule has 0 spiro atoms. The largest absolute Gasteiger partial charge is 0.366 e. The van der Waals surface area contributed by atoms with Gasteiger partial charge in [-0.15, -0.1) is 0 Å². The van der Waals surface area contributed by atoms with E-state index in [1.54, 1.807) is 0 Å². The van der Waals surface area contributed by atoms with Crippen LogP contribution in [0.4, 0.5) is 0 Å². The van der Waals surface area contributed by atoms with Gasteiger partial charge in [0.15, 0.2) is 0 Å². The summed E-state index contributed by atoms with van der Waals surface area (Å²) in [6.07, 6.45) is 5.61. The van der Waals surface area contributed by atoms with E-state index in [1.165, 1.54) is 35.2 Å². The Bertz CT molecular complexity index is 396. The standard InChI is InChI=1S/C12H15NO/c1-12(2)11-8(7-14-12)6-13-10-5-3-4-9(10)11/h6H,3-5,7H2,1-2H3. The Hall–Kier alpha value is -0.890. The maximum Gasteiger partial charge on any atom is 0.0887 e. The highest BCUT2D eigenvalue weighted by molar-refractivity contribution is 5.44. The molecule has 2 aliphatic rings. The summed E-state index contributed by atoms with van der Waals surface area (Å²) >= 11 is 0. The highest BCUT2D eigenvalue weighted by Crippen LogP contribution is 2.40. The molecule has 0 bridgehead atoms. The molecule has 2 heteroatoms. The second kappa shape index (κ2) is 2.57. The monoisotopic (exact) mass is 189 g/mol. The highest BCUT2D eigenvalue weighted by Gasteiger charge is 2.35. The average molecular weight is 189 g/mol. The van der Waals surface area contributed by atoms with Crippen LogP contribution in [0.5, 0.6) is 0 Å². The van der Waals surface area contributed by atoms with Crippen molar-refractivity contribution in [3.05, 3.63) is 28.6 Å². The van der Waals surface area contributed by atoms with Gasteiger partial charge in [-0.3, -0.25) is 4.98 Å². The molecule has 14 heavy (non-hydrogen) atoms. The summed E-state index contributed by atoms with van der Waals surface area (Å²) in [6.45, 7) is 5.07. The Kier molecular flexibility index (Phi) is 1.55. The third-order valence-electron chi connectivity index (χ3n) is 3.38. The van der Waals surface area contributed by atoms with Gasteiger partial charge in [0.1, 0.15) is 0 Å². The van der Waals surface area contributed by atoms with Crippen molar-refractivity contribution < 1.29 is 4.74 Å². The highest BCUT2D eigenvalue weighted by atomic mass is 16.5. The van der Waals surface area contributed by atoms with Crippen molar-refractivity contribution in [1.82, 2.24) is 4.98 Å². The molecule has 0 radical (unpaired) electrons. The van der Waals surface area contributed by atoms with E-state index in [9.17, 15) is 0 Å². The lowest BCUT2D eigenvalue weighted by molar-refractivity contribution is -0.00828. The Labute approximate surface area is 84.3 Å². The fourth-order valence-corrected chi connectivity index (χ4v) is 2.74.